The summed E-state index contributed by atoms with van der Waals surface area (Å²) >= 11 is 0. The normalized spacial score (nSPS) is 17.4. The maximum absolute atomic E-state index is 13.4. The summed E-state index contributed by atoms with van der Waals surface area (Å²) in [7, 11) is 1.40. The van der Waals surface area contributed by atoms with Gasteiger partial charge in [-0.2, -0.15) is 8.78 Å². The fourth-order valence-corrected chi connectivity index (χ4v) is 3.65. The van der Waals surface area contributed by atoms with E-state index >= 15 is 0 Å². The van der Waals surface area contributed by atoms with Crippen LogP contribution in [0.3, 0.4) is 0 Å². The van der Waals surface area contributed by atoms with E-state index in [-0.39, 0.29) is 41.8 Å². The number of amides is 1. The lowest BCUT2D eigenvalue weighted by Crippen LogP contribution is -2.63. The van der Waals surface area contributed by atoms with Gasteiger partial charge in [-0.1, -0.05) is 0 Å². The largest absolute Gasteiger partial charge is 0.488 e. The minimum atomic E-state index is -3.13. The first-order valence-corrected chi connectivity index (χ1v) is 10.5. The third kappa shape index (κ3) is 5.66. The van der Waals surface area contributed by atoms with Gasteiger partial charge in [-0.3, -0.25) is 9.69 Å². The zero-order chi connectivity index (χ0) is 25.2. The summed E-state index contributed by atoms with van der Waals surface area (Å²) in [6.45, 7) is -1.92. The Hall–Kier alpha value is -3.35. The predicted molar refractivity (Wildman–Crippen MR) is 114 cm³/mol. The maximum Gasteiger partial charge on any atom is 0.387 e. The number of nitrogens with zero attached hydrogens (tertiary/aromatic N) is 2. The van der Waals surface area contributed by atoms with E-state index < -0.39 is 29.9 Å². The standard InChI is InChI=1S/C23H22F4N2O6/c1-32-23(31)12-28(13-23)8-9-33-18-5-2-14(10-20(18)35-22(26)27)29-7-6-19(21(29)30)34-15-3-4-16(24)17(25)11-15/h2-6,10-11,22,31H,7-9,12-13H2,1H3. The minimum absolute atomic E-state index is 0.0504. The van der Waals surface area contributed by atoms with Crippen molar-refractivity contribution in [2.75, 3.05) is 44.8 Å². The van der Waals surface area contributed by atoms with Gasteiger partial charge in [0, 0.05) is 38.0 Å². The number of carbonyl (C=O) groups is 1. The Morgan fingerprint density at radius 2 is 1.86 bits per heavy atom. The molecule has 1 amide bonds. The first-order valence-electron chi connectivity index (χ1n) is 10.5. The van der Waals surface area contributed by atoms with Crippen molar-refractivity contribution < 1.29 is 46.4 Å². The molecule has 0 atom stereocenters. The average Bonchev–Trinajstić information content (AvgIpc) is 3.15. The van der Waals surface area contributed by atoms with Gasteiger partial charge in [0.15, 0.2) is 34.7 Å². The molecule has 1 fully saturated rings. The molecule has 8 nitrogen and oxygen atoms in total. The van der Waals surface area contributed by atoms with Crippen molar-refractivity contribution >= 4 is 11.6 Å². The Kier molecular flexibility index (Phi) is 7.15. The topological polar surface area (TPSA) is 80.7 Å². The quantitative estimate of drug-likeness (QED) is 0.399. The Bertz CT molecular complexity index is 1120. The first-order chi connectivity index (χ1) is 16.7. The number of methoxy groups -OCH3 is 1. The van der Waals surface area contributed by atoms with Crippen molar-refractivity contribution in [1.29, 1.82) is 0 Å². The van der Waals surface area contributed by atoms with Gasteiger partial charge < -0.3 is 29.0 Å². The van der Waals surface area contributed by atoms with Crippen LogP contribution in [0.4, 0.5) is 23.2 Å². The molecule has 188 valence electrons. The summed E-state index contributed by atoms with van der Waals surface area (Å²) in [5, 5.41) is 9.84. The highest BCUT2D eigenvalue weighted by molar-refractivity contribution is 6.07. The molecule has 0 bridgehead atoms. The van der Waals surface area contributed by atoms with Crippen molar-refractivity contribution in [3.8, 4) is 17.2 Å². The molecule has 12 heteroatoms. The molecule has 2 heterocycles. The summed E-state index contributed by atoms with van der Waals surface area (Å²) < 4.78 is 73.0. The molecule has 0 radical (unpaired) electrons. The molecule has 0 unspecified atom stereocenters. The molecule has 1 N–H and O–H groups in total. The number of carbonyl (C=O) groups excluding carboxylic acids is 1. The molecule has 2 aliphatic rings. The third-order valence-corrected chi connectivity index (χ3v) is 5.48. The smallest absolute Gasteiger partial charge is 0.387 e. The van der Waals surface area contributed by atoms with Gasteiger partial charge in [-0.05, 0) is 30.3 Å². The monoisotopic (exact) mass is 498 g/mol. The molecule has 2 aromatic carbocycles. The Morgan fingerprint density at radius 1 is 1.09 bits per heavy atom. The molecule has 1 saturated heterocycles. The second-order valence-electron chi connectivity index (χ2n) is 7.88. The Balaban J connectivity index is 1.40. The second-order valence-corrected chi connectivity index (χ2v) is 7.88. The molecule has 4 rings (SSSR count). The molecule has 2 aliphatic heterocycles. The second kappa shape index (κ2) is 10.1. The van der Waals surface area contributed by atoms with Gasteiger partial charge in [-0.25, -0.2) is 8.78 Å². The number of aliphatic hydroxyl groups is 1. The number of hydrogen-bond donors (Lipinski definition) is 1. The highest BCUT2D eigenvalue weighted by Crippen LogP contribution is 2.35. The number of rotatable bonds is 10. The zero-order valence-electron chi connectivity index (χ0n) is 18.5. The zero-order valence-corrected chi connectivity index (χ0v) is 18.5. The maximum atomic E-state index is 13.4. The number of alkyl halides is 2. The summed E-state index contributed by atoms with van der Waals surface area (Å²) in [5.74, 6) is -4.38. The fraction of sp³-hybridized carbons (Fsp3) is 0.348. The first kappa shape index (κ1) is 24.8. The van der Waals surface area contributed by atoms with Crippen LogP contribution in [0.1, 0.15) is 0 Å². The number of hydrogen-bond acceptors (Lipinski definition) is 7. The van der Waals surface area contributed by atoms with Crippen LogP contribution in [0, 0.1) is 11.6 Å². The fourth-order valence-electron chi connectivity index (χ4n) is 3.65. The lowest BCUT2D eigenvalue weighted by Gasteiger charge is -2.44. The van der Waals surface area contributed by atoms with Crippen molar-refractivity contribution in [3.05, 3.63) is 59.9 Å². The van der Waals surface area contributed by atoms with E-state index in [4.69, 9.17) is 14.2 Å². The lowest BCUT2D eigenvalue weighted by molar-refractivity contribution is -0.260. The van der Waals surface area contributed by atoms with Crippen LogP contribution in [-0.2, 0) is 9.53 Å². The highest BCUT2D eigenvalue weighted by atomic mass is 19.3. The van der Waals surface area contributed by atoms with Gasteiger partial charge in [0.2, 0.25) is 0 Å². The average molecular weight is 498 g/mol. The molecule has 0 saturated carbocycles. The van der Waals surface area contributed by atoms with E-state index in [0.29, 0.717) is 19.6 Å². The van der Waals surface area contributed by atoms with Crippen molar-refractivity contribution in [2.45, 2.75) is 12.4 Å². The SMILES string of the molecule is COC1(O)CN(CCOc2ccc(N3CC=C(Oc4ccc(F)c(F)c4)C3=O)cc2OC(F)F)C1. The van der Waals surface area contributed by atoms with Crippen LogP contribution in [0.15, 0.2) is 48.2 Å². The van der Waals surface area contributed by atoms with Gasteiger partial charge in [-0.15, -0.1) is 0 Å². The van der Waals surface area contributed by atoms with Gasteiger partial charge in [0.1, 0.15) is 12.4 Å². The number of ether oxygens (including phenoxy) is 4. The van der Waals surface area contributed by atoms with Gasteiger partial charge >= 0.3 is 6.61 Å². The Labute approximate surface area is 197 Å². The molecule has 0 aromatic heterocycles. The van der Waals surface area contributed by atoms with E-state index in [1.165, 1.54) is 42.4 Å². The van der Waals surface area contributed by atoms with Gasteiger partial charge in [0.25, 0.3) is 5.91 Å². The third-order valence-electron chi connectivity index (χ3n) is 5.48. The van der Waals surface area contributed by atoms with Crippen LogP contribution in [0.5, 0.6) is 17.2 Å². The Morgan fingerprint density at radius 3 is 2.54 bits per heavy atom. The molecular formula is C23H22F4N2O6. The number of anilines is 1. The minimum Gasteiger partial charge on any atom is -0.488 e. The predicted octanol–water partition coefficient (Wildman–Crippen LogP) is 2.91. The molecule has 0 aliphatic carbocycles. The number of halogens is 4. The van der Waals surface area contributed by atoms with Crippen LogP contribution >= 0.6 is 0 Å². The van der Waals surface area contributed by atoms with Crippen molar-refractivity contribution in [1.82, 2.24) is 4.90 Å². The lowest BCUT2D eigenvalue weighted by atomic mass is 10.1. The van der Waals surface area contributed by atoms with E-state index in [9.17, 15) is 27.5 Å². The molecule has 0 spiro atoms. The van der Waals surface area contributed by atoms with E-state index in [1.54, 1.807) is 0 Å². The number of β-amino-alcohol motifs (C(OH)–C–C–N with tert-alkyl or cyclic N) is 1. The number of benzene rings is 2. The molecule has 2 aromatic rings. The highest BCUT2D eigenvalue weighted by Gasteiger charge is 2.41. The van der Waals surface area contributed by atoms with Crippen LogP contribution in [-0.4, -0.2) is 68.2 Å². The van der Waals surface area contributed by atoms with Crippen LogP contribution in [0.2, 0.25) is 0 Å². The van der Waals surface area contributed by atoms with E-state index in [0.717, 1.165) is 12.1 Å². The van der Waals surface area contributed by atoms with Crippen LogP contribution < -0.4 is 19.1 Å². The summed E-state index contributed by atoms with van der Waals surface area (Å²) in [4.78, 5) is 15.8. The molecular weight excluding hydrogens is 476 g/mol. The van der Waals surface area contributed by atoms with Crippen LogP contribution in [0.25, 0.3) is 0 Å². The van der Waals surface area contributed by atoms with E-state index in [1.807, 2.05) is 4.90 Å². The molecule has 35 heavy (non-hydrogen) atoms. The van der Waals surface area contributed by atoms with Crippen molar-refractivity contribution in [3.63, 3.8) is 0 Å². The van der Waals surface area contributed by atoms with E-state index in [2.05, 4.69) is 4.74 Å². The van der Waals surface area contributed by atoms with Gasteiger partial charge in [0.05, 0.1) is 13.1 Å². The summed E-state index contributed by atoms with van der Waals surface area (Å²) in [6, 6.07) is 6.98. The van der Waals surface area contributed by atoms with Crippen molar-refractivity contribution in [2.24, 2.45) is 0 Å². The summed E-state index contributed by atoms with van der Waals surface area (Å²) in [5.41, 5.74) is 0.242. The summed E-state index contributed by atoms with van der Waals surface area (Å²) in [6.07, 6.45) is 1.43. The number of likely N-dealkylation sites (tertiary alicyclic amines) is 1.